The Labute approximate surface area is 183 Å². The van der Waals surface area contributed by atoms with Gasteiger partial charge in [0.15, 0.2) is 0 Å². The fourth-order valence-electron chi connectivity index (χ4n) is 3.52. The van der Waals surface area contributed by atoms with Gasteiger partial charge in [0.05, 0.1) is 11.5 Å². The molecule has 5 heteroatoms. The second-order valence-corrected chi connectivity index (χ2v) is 8.75. The molecule has 0 atom stereocenters. The standard InChI is InChI=1S/C25H29NO3S/c1-5-29-22-14-18(4)20(15-21(22)17(2)3)16-23-24(27)26(25(28)30-23)13-9-12-19-10-7-6-8-11-19/h6-8,10-11,14-17H,5,9,12-13H2,1-4H3/b23-16+. The molecule has 0 aliphatic carbocycles. The van der Waals surface area contributed by atoms with Gasteiger partial charge < -0.3 is 4.74 Å². The van der Waals surface area contributed by atoms with Crippen molar-refractivity contribution in [3.05, 3.63) is 69.6 Å². The highest BCUT2D eigenvalue weighted by atomic mass is 32.2. The molecule has 0 unspecified atom stereocenters. The first-order chi connectivity index (χ1) is 14.4. The molecule has 2 amide bonds. The number of nitrogens with zero attached hydrogens (tertiary/aromatic N) is 1. The second kappa shape index (κ2) is 9.98. The number of carbonyl (C=O) groups is 2. The predicted molar refractivity (Wildman–Crippen MR) is 124 cm³/mol. The topological polar surface area (TPSA) is 46.6 Å². The SMILES string of the molecule is CCOc1cc(C)c(/C=C2/SC(=O)N(CCCc3ccccc3)C2=O)cc1C(C)C. The number of imide groups is 1. The van der Waals surface area contributed by atoms with E-state index in [1.54, 1.807) is 0 Å². The Morgan fingerprint density at radius 3 is 2.53 bits per heavy atom. The van der Waals surface area contributed by atoms with Gasteiger partial charge in [-0.05, 0) is 84.8 Å². The summed E-state index contributed by atoms with van der Waals surface area (Å²) < 4.78 is 5.78. The van der Waals surface area contributed by atoms with Crippen LogP contribution >= 0.6 is 11.8 Å². The van der Waals surface area contributed by atoms with Crippen molar-refractivity contribution in [1.82, 2.24) is 4.90 Å². The molecule has 2 aromatic carbocycles. The highest BCUT2D eigenvalue weighted by Crippen LogP contribution is 2.35. The summed E-state index contributed by atoms with van der Waals surface area (Å²) in [7, 11) is 0. The molecule has 3 rings (SSSR count). The van der Waals surface area contributed by atoms with E-state index in [1.165, 1.54) is 10.5 Å². The number of ether oxygens (including phenoxy) is 1. The van der Waals surface area contributed by atoms with E-state index in [9.17, 15) is 9.59 Å². The van der Waals surface area contributed by atoms with Crippen molar-refractivity contribution in [1.29, 1.82) is 0 Å². The predicted octanol–water partition coefficient (Wildman–Crippen LogP) is 6.19. The molecule has 0 saturated carbocycles. The first kappa shape index (κ1) is 22.2. The summed E-state index contributed by atoms with van der Waals surface area (Å²) in [6.07, 6.45) is 3.45. The maximum absolute atomic E-state index is 12.9. The zero-order valence-corrected chi connectivity index (χ0v) is 18.9. The lowest BCUT2D eigenvalue weighted by Gasteiger charge is -2.16. The van der Waals surface area contributed by atoms with Gasteiger partial charge in [-0.3, -0.25) is 14.5 Å². The van der Waals surface area contributed by atoms with Gasteiger partial charge in [0.1, 0.15) is 5.75 Å². The van der Waals surface area contributed by atoms with Crippen LogP contribution in [0.2, 0.25) is 0 Å². The average Bonchev–Trinajstić information content (AvgIpc) is 2.98. The lowest BCUT2D eigenvalue weighted by Crippen LogP contribution is -2.29. The summed E-state index contributed by atoms with van der Waals surface area (Å²) in [5.41, 5.74) is 4.30. The number of rotatable bonds is 8. The third kappa shape index (κ3) is 5.14. The summed E-state index contributed by atoms with van der Waals surface area (Å²) in [6.45, 7) is 9.27. The van der Waals surface area contributed by atoms with Gasteiger partial charge in [0, 0.05) is 6.54 Å². The molecule has 0 bridgehead atoms. The van der Waals surface area contributed by atoms with Crippen molar-refractivity contribution < 1.29 is 14.3 Å². The Kier molecular flexibility index (Phi) is 7.38. The van der Waals surface area contributed by atoms with Crippen LogP contribution < -0.4 is 4.74 Å². The molecular formula is C25H29NO3S. The third-order valence-corrected chi connectivity index (χ3v) is 6.08. The summed E-state index contributed by atoms with van der Waals surface area (Å²) in [4.78, 5) is 27.1. The average molecular weight is 424 g/mol. The maximum Gasteiger partial charge on any atom is 0.293 e. The minimum atomic E-state index is -0.197. The normalized spacial score (nSPS) is 15.5. The van der Waals surface area contributed by atoms with Crippen LogP contribution in [0.1, 0.15) is 55.4 Å². The van der Waals surface area contributed by atoms with E-state index in [4.69, 9.17) is 4.74 Å². The van der Waals surface area contributed by atoms with Crippen molar-refractivity contribution in [2.45, 2.75) is 46.5 Å². The van der Waals surface area contributed by atoms with E-state index in [0.717, 1.165) is 47.0 Å². The Balaban J connectivity index is 1.75. The highest BCUT2D eigenvalue weighted by molar-refractivity contribution is 8.18. The summed E-state index contributed by atoms with van der Waals surface area (Å²) in [6, 6.07) is 14.2. The van der Waals surface area contributed by atoms with Gasteiger partial charge in [-0.1, -0.05) is 44.2 Å². The van der Waals surface area contributed by atoms with Gasteiger partial charge in [-0.2, -0.15) is 0 Å². The molecular weight excluding hydrogens is 394 g/mol. The lowest BCUT2D eigenvalue weighted by atomic mass is 9.96. The molecule has 4 nitrogen and oxygen atoms in total. The van der Waals surface area contributed by atoms with Crippen LogP contribution in [-0.4, -0.2) is 29.2 Å². The van der Waals surface area contributed by atoms with E-state index in [0.29, 0.717) is 24.0 Å². The Hall–Kier alpha value is -2.53. The van der Waals surface area contributed by atoms with Gasteiger partial charge >= 0.3 is 0 Å². The highest BCUT2D eigenvalue weighted by Gasteiger charge is 2.34. The lowest BCUT2D eigenvalue weighted by molar-refractivity contribution is -0.122. The van der Waals surface area contributed by atoms with Crippen LogP contribution in [0, 0.1) is 6.92 Å². The monoisotopic (exact) mass is 423 g/mol. The number of thioether (sulfide) groups is 1. The summed E-state index contributed by atoms with van der Waals surface area (Å²) in [5, 5.41) is -0.188. The van der Waals surface area contributed by atoms with Crippen molar-refractivity contribution in [3.63, 3.8) is 0 Å². The van der Waals surface area contributed by atoms with Crippen molar-refractivity contribution in [2.24, 2.45) is 0 Å². The number of benzene rings is 2. The number of amides is 2. The van der Waals surface area contributed by atoms with Crippen LogP contribution in [0.25, 0.3) is 6.08 Å². The molecule has 30 heavy (non-hydrogen) atoms. The minimum Gasteiger partial charge on any atom is -0.494 e. The van der Waals surface area contributed by atoms with E-state index in [-0.39, 0.29) is 11.1 Å². The van der Waals surface area contributed by atoms with E-state index in [2.05, 4.69) is 32.0 Å². The number of hydrogen-bond donors (Lipinski definition) is 0. The molecule has 1 fully saturated rings. The molecule has 0 aromatic heterocycles. The van der Waals surface area contributed by atoms with Gasteiger partial charge in [-0.15, -0.1) is 0 Å². The fraction of sp³-hybridized carbons (Fsp3) is 0.360. The zero-order valence-electron chi connectivity index (χ0n) is 18.1. The Morgan fingerprint density at radius 1 is 1.13 bits per heavy atom. The molecule has 158 valence electrons. The van der Waals surface area contributed by atoms with Crippen molar-refractivity contribution in [2.75, 3.05) is 13.2 Å². The first-order valence-electron chi connectivity index (χ1n) is 10.5. The van der Waals surface area contributed by atoms with E-state index in [1.807, 2.05) is 44.2 Å². The van der Waals surface area contributed by atoms with Crippen LogP contribution in [-0.2, 0) is 11.2 Å². The van der Waals surface area contributed by atoms with Crippen LogP contribution in [0.3, 0.4) is 0 Å². The summed E-state index contributed by atoms with van der Waals surface area (Å²) in [5.74, 6) is 0.987. The van der Waals surface area contributed by atoms with Gasteiger partial charge in [0.25, 0.3) is 11.1 Å². The number of aryl methyl sites for hydroxylation is 2. The molecule has 1 saturated heterocycles. The third-order valence-electron chi connectivity index (χ3n) is 5.17. The smallest absolute Gasteiger partial charge is 0.293 e. The largest absolute Gasteiger partial charge is 0.494 e. The van der Waals surface area contributed by atoms with Gasteiger partial charge in [-0.25, -0.2) is 0 Å². The Morgan fingerprint density at radius 2 is 1.87 bits per heavy atom. The zero-order chi connectivity index (χ0) is 21.7. The molecule has 0 radical (unpaired) electrons. The molecule has 0 spiro atoms. The minimum absolute atomic E-state index is 0.188. The van der Waals surface area contributed by atoms with E-state index >= 15 is 0 Å². The molecule has 1 aliphatic rings. The number of carbonyl (C=O) groups excluding carboxylic acids is 2. The molecule has 1 aliphatic heterocycles. The number of hydrogen-bond acceptors (Lipinski definition) is 4. The maximum atomic E-state index is 12.9. The van der Waals surface area contributed by atoms with Crippen molar-refractivity contribution in [3.8, 4) is 5.75 Å². The van der Waals surface area contributed by atoms with Gasteiger partial charge in [0.2, 0.25) is 0 Å². The van der Waals surface area contributed by atoms with Crippen LogP contribution in [0.4, 0.5) is 4.79 Å². The quantitative estimate of drug-likeness (QED) is 0.475. The summed E-state index contributed by atoms with van der Waals surface area (Å²) >= 11 is 1.03. The molecule has 1 heterocycles. The van der Waals surface area contributed by atoms with Crippen molar-refractivity contribution >= 4 is 29.0 Å². The second-order valence-electron chi connectivity index (χ2n) is 7.76. The van der Waals surface area contributed by atoms with Crippen LogP contribution in [0.5, 0.6) is 5.75 Å². The Bertz CT molecular complexity index is 950. The molecule has 2 aromatic rings. The van der Waals surface area contributed by atoms with E-state index < -0.39 is 0 Å². The fourth-order valence-corrected chi connectivity index (χ4v) is 4.38. The van der Waals surface area contributed by atoms with Crippen LogP contribution in [0.15, 0.2) is 47.4 Å². The first-order valence-corrected chi connectivity index (χ1v) is 11.3. The molecule has 0 N–H and O–H groups in total.